The average Bonchev–Trinajstić information content (AvgIpc) is 3.19. The van der Waals surface area contributed by atoms with Crippen LogP contribution in [0.5, 0.6) is 0 Å². The Kier molecular flexibility index (Phi) is 3.90. The minimum Gasteiger partial charge on any atom is -0.369 e. The number of hydrogen-bond acceptors (Lipinski definition) is 3. The maximum absolute atomic E-state index is 12.2. The van der Waals surface area contributed by atoms with Gasteiger partial charge in [-0.05, 0) is 57.2 Å². The Morgan fingerprint density at radius 1 is 1.53 bits per heavy atom. The van der Waals surface area contributed by atoms with Crippen molar-refractivity contribution in [3.8, 4) is 0 Å². The number of pyridine rings is 1. The Bertz CT molecular complexity index is 467. The molecule has 0 aliphatic heterocycles. The molecule has 1 heterocycles. The number of hydrogen-bond donors (Lipinski definition) is 1. The summed E-state index contributed by atoms with van der Waals surface area (Å²) in [5, 5.41) is 3.09. The average molecular weight is 262 g/mol. The van der Waals surface area contributed by atoms with Crippen LogP contribution in [0.3, 0.4) is 0 Å². The molecule has 1 aliphatic rings. The zero-order valence-electron chi connectivity index (χ0n) is 12.1. The predicted octanol–water partition coefficient (Wildman–Crippen LogP) is 2.38. The van der Waals surface area contributed by atoms with Crippen LogP contribution in [0.25, 0.3) is 0 Å². The number of ether oxygens (including phenoxy) is 1. The standard InChI is InChI=1S/C15H22N2O2/c1-10-7-8-16-12(9-10)13(11-5-6-11)17-14(18)15(2,3)19-4/h7-9,11,13H,5-6H2,1-4H3,(H,17,18). The second-order valence-electron chi connectivity index (χ2n) is 5.76. The van der Waals surface area contributed by atoms with E-state index < -0.39 is 5.60 Å². The van der Waals surface area contributed by atoms with Gasteiger partial charge in [-0.1, -0.05) is 0 Å². The fourth-order valence-corrected chi connectivity index (χ4v) is 2.00. The van der Waals surface area contributed by atoms with E-state index in [1.165, 1.54) is 0 Å². The van der Waals surface area contributed by atoms with Crippen LogP contribution in [0.15, 0.2) is 18.3 Å². The van der Waals surface area contributed by atoms with E-state index in [1.54, 1.807) is 27.2 Å². The molecular formula is C15H22N2O2. The highest BCUT2D eigenvalue weighted by Crippen LogP contribution is 2.40. The van der Waals surface area contributed by atoms with Crippen molar-refractivity contribution >= 4 is 5.91 Å². The molecule has 1 unspecified atom stereocenters. The van der Waals surface area contributed by atoms with Crippen molar-refractivity contribution in [3.05, 3.63) is 29.6 Å². The molecule has 2 rings (SSSR count). The summed E-state index contributed by atoms with van der Waals surface area (Å²) in [7, 11) is 1.55. The van der Waals surface area contributed by atoms with Gasteiger partial charge in [-0.25, -0.2) is 0 Å². The molecule has 0 saturated heterocycles. The van der Waals surface area contributed by atoms with Crippen molar-refractivity contribution in [2.75, 3.05) is 7.11 Å². The first-order valence-electron chi connectivity index (χ1n) is 6.72. The largest absolute Gasteiger partial charge is 0.369 e. The van der Waals surface area contributed by atoms with Crippen LogP contribution in [0.1, 0.15) is 44.0 Å². The minimum absolute atomic E-state index is 0.00169. The zero-order valence-corrected chi connectivity index (χ0v) is 12.1. The number of carbonyl (C=O) groups is 1. The van der Waals surface area contributed by atoms with Gasteiger partial charge in [0.2, 0.25) is 0 Å². The van der Waals surface area contributed by atoms with Crippen molar-refractivity contribution in [1.29, 1.82) is 0 Å². The van der Waals surface area contributed by atoms with E-state index in [2.05, 4.69) is 10.3 Å². The second-order valence-corrected chi connectivity index (χ2v) is 5.76. The summed E-state index contributed by atoms with van der Waals surface area (Å²) in [6.45, 7) is 5.59. The van der Waals surface area contributed by atoms with Crippen LogP contribution in [0.4, 0.5) is 0 Å². The second kappa shape index (κ2) is 5.29. The van der Waals surface area contributed by atoms with E-state index in [1.807, 2.05) is 19.1 Å². The molecule has 1 atom stereocenters. The van der Waals surface area contributed by atoms with Crippen molar-refractivity contribution in [2.45, 2.75) is 45.3 Å². The third kappa shape index (κ3) is 3.32. The maximum atomic E-state index is 12.2. The molecule has 1 N–H and O–H groups in total. The van der Waals surface area contributed by atoms with Gasteiger partial charge in [0, 0.05) is 13.3 Å². The molecule has 0 spiro atoms. The molecule has 104 valence electrons. The normalized spacial score (nSPS) is 17.1. The highest BCUT2D eigenvalue weighted by Gasteiger charge is 2.37. The van der Waals surface area contributed by atoms with Crippen molar-refractivity contribution in [1.82, 2.24) is 10.3 Å². The maximum Gasteiger partial charge on any atom is 0.252 e. The molecule has 19 heavy (non-hydrogen) atoms. The Morgan fingerprint density at radius 2 is 2.21 bits per heavy atom. The number of aryl methyl sites for hydroxylation is 1. The van der Waals surface area contributed by atoms with Crippen molar-refractivity contribution < 1.29 is 9.53 Å². The van der Waals surface area contributed by atoms with Gasteiger partial charge < -0.3 is 10.1 Å². The smallest absolute Gasteiger partial charge is 0.252 e. The van der Waals surface area contributed by atoms with Gasteiger partial charge in [0.25, 0.3) is 5.91 Å². The summed E-state index contributed by atoms with van der Waals surface area (Å²) < 4.78 is 5.23. The van der Waals surface area contributed by atoms with E-state index in [0.29, 0.717) is 5.92 Å². The summed E-state index contributed by atoms with van der Waals surface area (Å²) in [4.78, 5) is 16.6. The Hall–Kier alpha value is -1.42. The zero-order chi connectivity index (χ0) is 14.0. The lowest BCUT2D eigenvalue weighted by Gasteiger charge is -2.26. The van der Waals surface area contributed by atoms with Gasteiger partial charge in [0.1, 0.15) is 5.60 Å². The molecule has 1 fully saturated rings. The van der Waals surface area contributed by atoms with Crippen LogP contribution in [-0.4, -0.2) is 23.6 Å². The SMILES string of the molecule is COC(C)(C)C(=O)NC(c1cc(C)ccn1)C1CC1. The summed E-state index contributed by atoms with van der Waals surface area (Å²) in [6.07, 6.45) is 4.09. The first kappa shape index (κ1) is 14.0. The van der Waals surface area contributed by atoms with Crippen molar-refractivity contribution in [3.63, 3.8) is 0 Å². The molecule has 4 heteroatoms. The van der Waals surface area contributed by atoms with E-state index >= 15 is 0 Å². The van der Waals surface area contributed by atoms with Crippen molar-refractivity contribution in [2.24, 2.45) is 5.92 Å². The molecule has 1 aromatic rings. The van der Waals surface area contributed by atoms with Gasteiger partial charge in [0.05, 0.1) is 11.7 Å². The number of aromatic nitrogens is 1. The predicted molar refractivity (Wildman–Crippen MR) is 73.7 cm³/mol. The Morgan fingerprint density at radius 3 is 2.74 bits per heavy atom. The lowest BCUT2D eigenvalue weighted by molar-refractivity contribution is -0.140. The molecular weight excluding hydrogens is 240 g/mol. The topological polar surface area (TPSA) is 51.2 Å². The third-order valence-corrected chi connectivity index (χ3v) is 3.69. The third-order valence-electron chi connectivity index (χ3n) is 3.69. The van der Waals surface area contributed by atoms with Crippen LogP contribution < -0.4 is 5.32 Å². The quantitative estimate of drug-likeness (QED) is 0.886. The van der Waals surface area contributed by atoms with Gasteiger partial charge >= 0.3 is 0 Å². The Labute approximate surface area is 114 Å². The van der Waals surface area contributed by atoms with E-state index in [0.717, 1.165) is 24.1 Å². The van der Waals surface area contributed by atoms with Crippen LogP contribution >= 0.6 is 0 Å². The summed E-state index contributed by atoms with van der Waals surface area (Å²) in [5.41, 5.74) is 1.30. The van der Waals surface area contributed by atoms with Gasteiger partial charge in [-0.2, -0.15) is 0 Å². The number of nitrogens with zero attached hydrogens (tertiary/aromatic N) is 1. The number of amides is 1. The van der Waals surface area contributed by atoms with Crippen LogP contribution in [0.2, 0.25) is 0 Å². The monoisotopic (exact) mass is 262 g/mol. The molecule has 0 radical (unpaired) electrons. The number of carbonyl (C=O) groups excluding carboxylic acids is 1. The first-order valence-corrected chi connectivity index (χ1v) is 6.72. The molecule has 1 aromatic heterocycles. The van der Waals surface area contributed by atoms with Crippen LogP contribution in [0, 0.1) is 12.8 Å². The summed E-state index contributed by atoms with van der Waals surface area (Å²) in [5.74, 6) is 0.418. The first-order chi connectivity index (χ1) is 8.94. The highest BCUT2D eigenvalue weighted by molar-refractivity contribution is 5.84. The fraction of sp³-hybridized carbons (Fsp3) is 0.600. The summed E-state index contributed by atoms with van der Waals surface area (Å²) >= 11 is 0. The number of rotatable bonds is 5. The van der Waals surface area contributed by atoms with E-state index in [-0.39, 0.29) is 11.9 Å². The lowest BCUT2D eigenvalue weighted by Crippen LogP contribution is -2.45. The molecule has 0 aromatic carbocycles. The number of methoxy groups -OCH3 is 1. The fourth-order valence-electron chi connectivity index (χ4n) is 2.00. The molecule has 1 saturated carbocycles. The highest BCUT2D eigenvalue weighted by atomic mass is 16.5. The molecule has 1 amide bonds. The van der Waals surface area contributed by atoms with Gasteiger partial charge in [0.15, 0.2) is 0 Å². The molecule has 4 nitrogen and oxygen atoms in total. The van der Waals surface area contributed by atoms with Gasteiger partial charge in [-0.3, -0.25) is 9.78 Å². The number of nitrogens with one attached hydrogen (secondary N) is 1. The van der Waals surface area contributed by atoms with E-state index in [9.17, 15) is 4.79 Å². The van der Waals surface area contributed by atoms with E-state index in [4.69, 9.17) is 4.74 Å². The Balaban J connectivity index is 2.16. The molecule has 0 bridgehead atoms. The summed E-state index contributed by atoms with van der Waals surface area (Å²) in [6, 6.07) is 4.01. The van der Waals surface area contributed by atoms with Crippen LogP contribution in [-0.2, 0) is 9.53 Å². The minimum atomic E-state index is -0.809. The molecule has 1 aliphatic carbocycles. The lowest BCUT2D eigenvalue weighted by atomic mass is 10.0. The van der Waals surface area contributed by atoms with Gasteiger partial charge in [-0.15, -0.1) is 0 Å².